The van der Waals surface area contributed by atoms with Gasteiger partial charge in [0.15, 0.2) is 5.41 Å². The van der Waals surface area contributed by atoms with Gasteiger partial charge in [0.05, 0.1) is 12.1 Å². The van der Waals surface area contributed by atoms with Gasteiger partial charge < -0.3 is 0 Å². The van der Waals surface area contributed by atoms with E-state index < -0.39 is 17.3 Å². The van der Waals surface area contributed by atoms with E-state index in [9.17, 15) is 21.0 Å². The molecule has 1 saturated carbocycles. The van der Waals surface area contributed by atoms with Gasteiger partial charge in [0, 0.05) is 20.8 Å². The zero-order valence-electron chi connectivity index (χ0n) is 15.2. The van der Waals surface area contributed by atoms with Crippen molar-refractivity contribution in [3.05, 3.63) is 79.7 Å². The van der Waals surface area contributed by atoms with E-state index >= 15 is 0 Å². The molecule has 6 heteroatoms. The molecule has 140 valence electrons. The molecule has 0 bridgehead atoms. The van der Waals surface area contributed by atoms with Gasteiger partial charge >= 0.3 is 0 Å². The van der Waals surface area contributed by atoms with Crippen molar-refractivity contribution in [1.29, 1.82) is 21.0 Å². The van der Waals surface area contributed by atoms with Gasteiger partial charge in [-0.1, -0.05) is 56.1 Å². The van der Waals surface area contributed by atoms with Gasteiger partial charge in [-0.25, -0.2) is 0 Å². The van der Waals surface area contributed by atoms with Crippen LogP contribution in [0.2, 0.25) is 0 Å². The normalized spacial score (nSPS) is 19.9. The fourth-order valence-electron chi connectivity index (χ4n) is 4.07. The number of benzene rings is 2. The summed E-state index contributed by atoms with van der Waals surface area (Å²) in [6.45, 7) is 0. The lowest BCUT2D eigenvalue weighted by molar-refractivity contribution is 0.288. The predicted molar refractivity (Wildman–Crippen MR) is 115 cm³/mol. The van der Waals surface area contributed by atoms with Gasteiger partial charge in [-0.2, -0.15) is 21.0 Å². The van der Waals surface area contributed by atoms with Crippen LogP contribution in [0.4, 0.5) is 0 Å². The predicted octanol–water partition coefficient (Wildman–Crippen LogP) is 6.25. The molecule has 1 aliphatic carbocycles. The van der Waals surface area contributed by atoms with E-state index in [-0.39, 0.29) is 5.57 Å². The monoisotopic (exact) mass is 504 g/mol. The first kappa shape index (κ1) is 20.8. The maximum atomic E-state index is 10.2. The van der Waals surface area contributed by atoms with Crippen molar-refractivity contribution in [2.75, 3.05) is 0 Å². The number of allylic oxidation sites excluding steroid dienone is 2. The third-order valence-corrected chi connectivity index (χ3v) is 6.44. The third-order valence-electron chi connectivity index (χ3n) is 5.45. The molecule has 2 aromatic carbocycles. The number of hydrogen-bond donors (Lipinski definition) is 0. The summed E-state index contributed by atoms with van der Waals surface area (Å²) in [5, 5.41) is 39.4. The van der Waals surface area contributed by atoms with Crippen LogP contribution in [0.5, 0.6) is 0 Å². The Bertz CT molecular complexity index is 1070. The molecule has 1 aliphatic rings. The van der Waals surface area contributed by atoms with E-state index in [0.29, 0.717) is 18.4 Å². The highest BCUT2D eigenvalue weighted by atomic mass is 79.9. The molecule has 0 saturated heterocycles. The Balaban J connectivity index is 2.29. The number of nitriles is 4. The zero-order chi connectivity index (χ0) is 21.0. The first-order valence-electron chi connectivity index (χ1n) is 8.84. The molecule has 1 fully saturated rings. The molecule has 2 aromatic rings. The van der Waals surface area contributed by atoms with Crippen molar-refractivity contribution in [2.45, 2.75) is 24.7 Å². The summed E-state index contributed by atoms with van der Waals surface area (Å²) in [4.78, 5) is 0. The Morgan fingerprint density at radius 2 is 1.24 bits per heavy atom. The van der Waals surface area contributed by atoms with E-state index in [1.165, 1.54) is 0 Å². The molecule has 0 heterocycles. The molecule has 3 rings (SSSR count). The number of rotatable bonds is 2. The third kappa shape index (κ3) is 3.83. The van der Waals surface area contributed by atoms with Gasteiger partial charge in [-0.3, -0.25) is 0 Å². The van der Waals surface area contributed by atoms with Gasteiger partial charge in [0.2, 0.25) is 0 Å². The van der Waals surface area contributed by atoms with Crippen molar-refractivity contribution in [1.82, 2.24) is 0 Å². The molecule has 29 heavy (non-hydrogen) atoms. The summed E-state index contributed by atoms with van der Waals surface area (Å²) < 4.78 is 1.69. The summed E-state index contributed by atoms with van der Waals surface area (Å²) in [5.74, 6) is -0.945. The number of halogens is 2. The Hall–Kier alpha value is -2.90. The fraction of sp³-hybridized carbons (Fsp3) is 0.217. The van der Waals surface area contributed by atoms with Gasteiger partial charge in [0.25, 0.3) is 0 Å². The van der Waals surface area contributed by atoms with Crippen molar-refractivity contribution >= 4 is 31.9 Å². The minimum absolute atomic E-state index is 0.0643. The van der Waals surface area contributed by atoms with Crippen LogP contribution in [0.25, 0.3) is 0 Å². The molecule has 2 atom stereocenters. The second-order valence-corrected chi connectivity index (χ2v) is 8.75. The molecule has 0 amide bonds. The highest BCUT2D eigenvalue weighted by molar-refractivity contribution is 9.10. The molecule has 0 spiro atoms. The molecular weight excluding hydrogens is 492 g/mol. The van der Waals surface area contributed by atoms with Crippen LogP contribution in [0, 0.1) is 50.7 Å². The molecule has 0 radical (unpaired) electrons. The SMILES string of the molecule is N#CC(C#N)=C1C[C@H](c2cccc(Br)c2)C(C#N)(C#N)[C@H](c2cccc(Br)c2)C1. The fourth-order valence-corrected chi connectivity index (χ4v) is 4.91. The molecule has 0 unspecified atom stereocenters. The summed E-state index contributed by atoms with van der Waals surface area (Å²) in [5.41, 5.74) is 1.08. The largest absolute Gasteiger partial charge is 0.197 e. The highest BCUT2D eigenvalue weighted by Crippen LogP contribution is 2.56. The van der Waals surface area contributed by atoms with Crippen molar-refractivity contribution in [3.63, 3.8) is 0 Å². The van der Waals surface area contributed by atoms with Crippen molar-refractivity contribution < 1.29 is 0 Å². The van der Waals surface area contributed by atoms with Gasteiger partial charge in [-0.15, -0.1) is 0 Å². The Morgan fingerprint density at radius 1 is 0.793 bits per heavy atom. The quantitative estimate of drug-likeness (QED) is 0.450. The second-order valence-electron chi connectivity index (χ2n) is 6.92. The van der Waals surface area contributed by atoms with Crippen LogP contribution in [0.3, 0.4) is 0 Å². The molecule has 0 aromatic heterocycles. The van der Waals surface area contributed by atoms with Crippen LogP contribution in [-0.2, 0) is 0 Å². The van der Waals surface area contributed by atoms with Gasteiger partial charge in [-0.05, 0) is 53.8 Å². The Labute approximate surface area is 186 Å². The summed E-state index contributed by atoms with van der Waals surface area (Å²) >= 11 is 6.92. The van der Waals surface area contributed by atoms with Crippen LogP contribution in [-0.4, -0.2) is 0 Å². The number of hydrogen-bond acceptors (Lipinski definition) is 4. The lowest BCUT2D eigenvalue weighted by Crippen LogP contribution is -2.37. The lowest BCUT2D eigenvalue weighted by Gasteiger charge is -2.42. The van der Waals surface area contributed by atoms with E-state index in [1.807, 2.05) is 60.7 Å². The van der Waals surface area contributed by atoms with Crippen LogP contribution in [0.1, 0.15) is 35.8 Å². The van der Waals surface area contributed by atoms with Gasteiger partial charge in [0.1, 0.15) is 17.7 Å². The lowest BCUT2D eigenvalue weighted by atomic mass is 9.56. The van der Waals surface area contributed by atoms with Crippen LogP contribution < -0.4 is 0 Å². The van der Waals surface area contributed by atoms with Crippen molar-refractivity contribution in [2.24, 2.45) is 5.41 Å². The zero-order valence-corrected chi connectivity index (χ0v) is 18.4. The minimum Gasteiger partial charge on any atom is -0.197 e. The molecule has 0 N–H and O–H groups in total. The smallest absolute Gasteiger partial charge is 0.158 e. The summed E-state index contributed by atoms with van der Waals surface area (Å²) in [7, 11) is 0. The second kappa shape index (κ2) is 8.63. The van der Waals surface area contributed by atoms with Crippen molar-refractivity contribution in [3.8, 4) is 24.3 Å². The average molecular weight is 506 g/mol. The van der Waals surface area contributed by atoms with E-state index in [0.717, 1.165) is 20.1 Å². The first-order chi connectivity index (χ1) is 14.0. The summed E-state index contributed by atoms with van der Waals surface area (Å²) in [6, 6.07) is 23.7. The van der Waals surface area contributed by atoms with E-state index in [4.69, 9.17) is 0 Å². The molecule has 4 nitrogen and oxygen atoms in total. The Kier molecular flexibility index (Phi) is 6.20. The van der Waals surface area contributed by atoms with E-state index in [2.05, 4.69) is 44.0 Å². The Morgan fingerprint density at radius 3 is 1.59 bits per heavy atom. The highest BCUT2D eigenvalue weighted by Gasteiger charge is 2.52. The van der Waals surface area contributed by atoms with Crippen LogP contribution >= 0.6 is 31.9 Å². The maximum Gasteiger partial charge on any atom is 0.158 e. The molecule has 0 aliphatic heterocycles. The standard InChI is InChI=1S/C23H14Br2N4/c24-19-5-1-3-15(7-19)21-9-17(18(11-26)12-27)10-22(23(21,13-28)14-29)16-4-2-6-20(25)8-16/h1-8,21-22H,9-10H2/t21-,22+. The summed E-state index contributed by atoms with van der Waals surface area (Å²) in [6.07, 6.45) is 0.636. The topological polar surface area (TPSA) is 95.2 Å². The van der Waals surface area contributed by atoms with Crippen LogP contribution in [0.15, 0.2) is 68.6 Å². The number of nitrogens with zero attached hydrogens (tertiary/aromatic N) is 4. The first-order valence-corrected chi connectivity index (χ1v) is 10.4. The van der Waals surface area contributed by atoms with E-state index in [1.54, 1.807) is 0 Å². The molecular formula is C23H14Br2N4. The maximum absolute atomic E-state index is 10.2. The minimum atomic E-state index is -1.33. The average Bonchev–Trinajstić information content (AvgIpc) is 2.74.